The normalized spacial score (nSPS) is 28.3. The lowest BCUT2D eigenvalue weighted by Gasteiger charge is -2.29. The lowest BCUT2D eigenvalue weighted by molar-refractivity contribution is -0.147. The Bertz CT molecular complexity index is 1220. The molecule has 2 heterocycles. The first-order chi connectivity index (χ1) is 15.9. The zero-order valence-corrected chi connectivity index (χ0v) is 18.9. The topological polar surface area (TPSA) is 80.8 Å². The van der Waals surface area contributed by atoms with Gasteiger partial charge in [0, 0.05) is 32.8 Å². The van der Waals surface area contributed by atoms with Gasteiger partial charge in [0.05, 0.1) is 17.9 Å². The van der Waals surface area contributed by atoms with Crippen LogP contribution in [0.3, 0.4) is 0 Å². The van der Waals surface area contributed by atoms with Crippen LogP contribution in [0, 0.1) is 11.8 Å². The fourth-order valence-corrected chi connectivity index (χ4v) is 6.59. The van der Waals surface area contributed by atoms with Gasteiger partial charge in [-0.25, -0.2) is 0 Å². The van der Waals surface area contributed by atoms with Gasteiger partial charge >= 0.3 is 0 Å². The number of rotatable bonds is 2. The maximum Gasteiger partial charge on any atom is 0.237 e. The molecule has 3 fully saturated rings. The Hall–Kier alpha value is -2.54. The van der Waals surface area contributed by atoms with Crippen molar-refractivity contribution in [3.8, 4) is 0 Å². The van der Waals surface area contributed by atoms with E-state index in [0.29, 0.717) is 10.6 Å². The molecule has 2 aromatic rings. The van der Waals surface area contributed by atoms with Gasteiger partial charge in [-0.1, -0.05) is 66.4 Å². The Kier molecular flexibility index (Phi) is 4.60. The van der Waals surface area contributed by atoms with Gasteiger partial charge in [0.25, 0.3) is 0 Å². The second kappa shape index (κ2) is 7.23. The first-order valence-corrected chi connectivity index (χ1v) is 11.8. The van der Waals surface area contributed by atoms with Crippen molar-refractivity contribution in [3.63, 3.8) is 0 Å². The van der Waals surface area contributed by atoms with Gasteiger partial charge in [-0.3, -0.25) is 24.1 Å². The van der Waals surface area contributed by atoms with Gasteiger partial charge in [-0.05, 0) is 25.0 Å². The lowest BCUT2D eigenvalue weighted by Crippen LogP contribution is -2.51. The molecule has 4 aliphatic rings. The summed E-state index contributed by atoms with van der Waals surface area (Å²) in [6.45, 7) is 0. The van der Waals surface area contributed by atoms with Crippen molar-refractivity contribution < 1.29 is 23.9 Å². The standard InChI is InChI=1S/C25H19Cl2NO5/c26-12-9-10-16(17(27)11-12)20-18-19(24(32)28(23(18)31)13-5-1-2-6-13)25(33-20)21(29)14-7-3-4-8-15(14)22(25)30/h3-4,7-11,13,18-20H,1-2,5-6H2/t18-,19-,20-/m0/s1. The van der Waals surface area contributed by atoms with E-state index >= 15 is 0 Å². The maximum atomic E-state index is 13.8. The number of imide groups is 1. The third-order valence-electron chi connectivity index (χ3n) is 7.51. The number of hydrogen-bond donors (Lipinski definition) is 0. The van der Waals surface area contributed by atoms with E-state index in [4.69, 9.17) is 27.9 Å². The highest BCUT2D eigenvalue weighted by molar-refractivity contribution is 6.36. The second-order valence-corrected chi connectivity index (χ2v) is 9.98. The third kappa shape index (κ3) is 2.66. The molecule has 2 amide bonds. The number of benzene rings is 2. The molecule has 0 bridgehead atoms. The number of nitrogens with zero attached hydrogens (tertiary/aromatic N) is 1. The van der Waals surface area contributed by atoms with Crippen molar-refractivity contribution in [2.45, 2.75) is 43.4 Å². The summed E-state index contributed by atoms with van der Waals surface area (Å²) in [5, 5.41) is 0.646. The number of likely N-dealkylation sites (tertiary alicyclic amines) is 1. The fourth-order valence-electron chi connectivity index (χ4n) is 6.08. The highest BCUT2D eigenvalue weighted by Gasteiger charge is 2.75. The molecule has 0 unspecified atom stereocenters. The molecule has 6 rings (SSSR count). The van der Waals surface area contributed by atoms with Crippen molar-refractivity contribution in [1.82, 2.24) is 4.90 Å². The molecule has 3 atom stereocenters. The summed E-state index contributed by atoms with van der Waals surface area (Å²) >= 11 is 12.5. The van der Waals surface area contributed by atoms with E-state index in [0.717, 1.165) is 25.7 Å². The van der Waals surface area contributed by atoms with Crippen LogP contribution in [0.1, 0.15) is 58.1 Å². The number of fused-ring (bicyclic) bond motifs is 3. The molecule has 33 heavy (non-hydrogen) atoms. The molecule has 0 radical (unpaired) electrons. The van der Waals surface area contributed by atoms with E-state index in [1.54, 1.807) is 36.4 Å². The number of amides is 2. The fraction of sp³-hybridized carbons (Fsp3) is 0.360. The van der Waals surface area contributed by atoms with Crippen LogP contribution in [0.15, 0.2) is 42.5 Å². The minimum absolute atomic E-state index is 0.212. The predicted molar refractivity (Wildman–Crippen MR) is 119 cm³/mol. The number of ether oxygens (including phenoxy) is 1. The van der Waals surface area contributed by atoms with E-state index in [-0.39, 0.29) is 22.2 Å². The molecule has 2 aromatic carbocycles. The average molecular weight is 484 g/mol. The highest BCUT2D eigenvalue weighted by Crippen LogP contribution is 2.58. The number of ketones is 2. The van der Waals surface area contributed by atoms with Crippen molar-refractivity contribution >= 4 is 46.6 Å². The first kappa shape index (κ1) is 21.0. The van der Waals surface area contributed by atoms with E-state index in [9.17, 15) is 19.2 Å². The van der Waals surface area contributed by atoms with Crippen LogP contribution in [-0.2, 0) is 14.3 Å². The van der Waals surface area contributed by atoms with E-state index in [2.05, 4.69) is 0 Å². The molecular formula is C25H19Cl2NO5. The molecule has 1 spiro atoms. The molecule has 0 aromatic heterocycles. The minimum Gasteiger partial charge on any atom is -0.349 e. The third-order valence-corrected chi connectivity index (χ3v) is 8.07. The SMILES string of the molecule is O=C1[C@H]2[C@@H](C(=O)N1C1CCCC1)C1(O[C@H]2c2ccc(Cl)cc2Cl)C(=O)c2ccccc2C1=O. The van der Waals surface area contributed by atoms with Gasteiger partial charge in [0.15, 0.2) is 0 Å². The van der Waals surface area contributed by atoms with Crippen molar-refractivity contribution in [1.29, 1.82) is 0 Å². The van der Waals surface area contributed by atoms with E-state index in [1.807, 2.05) is 0 Å². The molecule has 6 nitrogen and oxygen atoms in total. The molecule has 2 saturated heterocycles. The van der Waals surface area contributed by atoms with Crippen LogP contribution in [0.4, 0.5) is 0 Å². The van der Waals surface area contributed by atoms with Crippen LogP contribution in [-0.4, -0.2) is 39.9 Å². The van der Waals surface area contributed by atoms with Crippen LogP contribution in [0.5, 0.6) is 0 Å². The Morgan fingerprint density at radius 3 is 2.12 bits per heavy atom. The zero-order chi connectivity index (χ0) is 23.1. The molecule has 168 valence electrons. The first-order valence-electron chi connectivity index (χ1n) is 11.0. The van der Waals surface area contributed by atoms with Gasteiger partial charge in [0.1, 0.15) is 0 Å². The molecule has 1 saturated carbocycles. The number of carbonyl (C=O) groups excluding carboxylic acids is 4. The summed E-state index contributed by atoms with van der Waals surface area (Å²) in [7, 11) is 0. The molecule has 2 aliphatic carbocycles. The summed E-state index contributed by atoms with van der Waals surface area (Å²) in [4.78, 5) is 56.2. The quantitative estimate of drug-likeness (QED) is 0.466. The smallest absolute Gasteiger partial charge is 0.237 e. The maximum absolute atomic E-state index is 13.8. The van der Waals surface area contributed by atoms with Crippen LogP contribution < -0.4 is 0 Å². The number of halogens is 2. The van der Waals surface area contributed by atoms with Gasteiger partial charge < -0.3 is 4.74 Å². The molecule has 2 aliphatic heterocycles. The highest BCUT2D eigenvalue weighted by atomic mass is 35.5. The van der Waals surface area contributed by atoms with Crippen LogP contribution in [0.2, 0.25) is 10.0 Å². The summed E-state index contributed by atoms with van der Waals surface area (Å²) in [6.07, 6.45) is 2.27. The predicted octanol–water partition coefficient (Wildman–Crippen LogP) is 4.43. The monoisotopic (exact) mass is 483 g/mol. The van der Waals surface area contributed by atoms with Crippen LogP contribution >= 0.6 is 23.2 Å². The van der Waals surface area contributed by atoms with Crippen molar-refractivity contribution in [2.24, 2.45) is 11.8 Å². The molecular weight excluding hydrogens is 465 g/mol. The Morgan fingerprint density at radius 1 is 0.879 bits per heavy atom. The second-order valence-electron chi connectivity index (χ2n) is 9.13. The van der Waals surface area contributed by atoms with Gasteiger partial charge in [-0.15, -0.1) is 0 Å². The van der Waals surface area contributed by atoms with Crippen LogP contribution in [0.25, 0.3) is 0 Å². The lowest BCUT2D eigenvalue weighted by atomic mass is 9.77. The largest absolute Gasteiger partial charge is 0.349 e. The van der Waals surface area contributed by atoms with Crippen molar-refractivity contribution in [2.75, 3.05) is 0 Å². The number of hydrogen-bond acceptors (Lipinski definition) is 5. The molecule has 0 N–H and O–H groups in total. The summed E-state index contributed by atoms with van der Waals surface area (Å²) < 4.78 is 6.25. The Morgan fingerprint density at radius 2 is 1.52 bits per heavy atom. The average Bonchev–Trinajstić information content (AvgIpc) is 3.53. The summed E-state index contributed by atoms with van der Waals surface area (Å²) in [5.41, 5.74) is -1.21. The van der Waals surface area contributed by atoms with Gasteiger partial charge in [0.2, 0.25) is 29.0 Å². The minimum atomic E-state index is -2.07. The summed E-state index contributed by atoms with van der Waals surface area (Å²) in [6, 6.07) is 11.0. The summed E-state index contributed by atoms with van der Waals surface area (Å²) in [5.74, 6) is -4.28. The molecule has 8 heteroatoms. The Labute approximate surface area is 199 Å². The Balaban J connectivity index is 1.54. The number of Topliss-reactive ketones (excluding diaryl/α,β-unsaturated/α-hetero) is 2. The zero-order valence-electron chi connectivity index (χ0n) is 17.4. The van der Waals surface area contributed by atoms with Crippen molar-refractivity contribution in [3.05, 3.63) is 69.2 Å². The van der Waals surface area contributed by atoms with E-state index < -0.39 is 46.9 Å². The van der Waals surface area contributed by atoms with Gasteiger partial charge in [-0.2, -0.15) is 0 Å². The van der Waals surface area contributed by atoms with E-state index in [1.165, 1.54) is 11.0 Å². The number of carbonyl (C=O) groups is 4.